The Morgan fingerprint density at radius 3 is 2.20 bits per heavy atom. The average molecular weight is 620 g/mol. The van der Waals surface area contributed by atoms with E-state index in [2.05, 4.69) is 4.74 Å². The van der Waals surface area contributed by atoms with Gasteiger partial charge in [0.15, 0.2) is 11.4 Å². The highest BCUT2D eigenvalue weighted by atomic mass is 19.4. The lowest BCUT2D eigenvalue weighted by molar-refractivity contribution is -0.274. The summed E-state index contributed by atoms with van der Waals surface area (Å²) in [7, 11) is 6.55. The molecule has 44 heavy (non-hydrogen) atoms. The van der Waals surface area contributed by atoms with Gasteiger partial charge in [0.2, 0.25) is 5.78 Å². The molecule has 0 fully saturated rings. The number of fused-ring (bicyclic) bond motifs is 3. The van der Waals surface area contributed by atoms with Crippen molar-refractivity contribution in [1.29, 1.82) is 0 Å². The molecular weight excluding hydrogens is 587 g/mol. The van der Waals surface area contributed by atoms with Crippen LogP contribution in [0, 0.1) is 11.8 Å². The Morgan fingerprint density at radius 1 is 1.07 bits per heavy atom. The fourth-order valence-electron chi connectivity index (χ4n) is 6.83. The number of halogens is 3. The van der Waals surface area contributed by atoms with Gasteiger partial charge in [-0.3, -0.25) is 14.5 Å². The van der Waals surface area contributed by atoms with Crippen molar-refractivity contribution in [3.05, 3.63) is 64.1 Å². The van der Waals surface area contributed by atoms with Crippen LogP contribution in [-0.2, 0) is 11.2 Å². The largest absolute Gasteiger partial charge is 0.573 e. The van der Waals surface area contributed by atoms with Crippen LogP contribution in [0.5, 0.6) is 11.5 Å². The molecule has 5 rings (SSSR count). The van der Waals surface area contributed by atoms with Crippen molar-refractivity contribution in [2.75, 3.05) is 33.1 Å². The number of phenolic OH excluding ortho intramolecular Hbond substituents is 1. The molecule has 0 amide bonds. The summed E-state index contributed by atoms with van der Waals surface area (Å²) in [5, 5.41) is 55.8. The van der Waals surface area contributed by atoms with E-state index >= 15 is 0 Å². The molecule has 236 valence electrons. The number of rotatable bonds is 5. The van der Waals surface area contributed by atoms with E-state index in [9.17, 15) is 48.3 Å². The highest BCUT2D eigenvalue weighted by molar-refractivity contribution is 6.17. The molecular formula is C30H32F3N3O8. The number of carbonyl (C=O) groups excluding carboxylic acids is 2. The molecule has 0 aromatic heterocycles. The van der Waals surface area contributed by atoms with Crippen molar-refractivity contribution in [3.8, 4) is 22.6 Å². The number of alkyl halides is 3. The maximum Gasteiger partial charge on any atom is 0.573 e. The Balaban J connectivity index is 1.68. The number of anilines is 1. The van der Waals surface area contributed by atoms with Gasteiger partial charge in [0.05, 0.1) is 17.2 Å². The number of aromatic hydroxyl groups is 1. The second-order valence-corrected chi connectivity index (χ2v) is 11.7. The molecule has 2 aromatic rings. The van der Waals surface area contributed by atoms with E-state index in [1.165, 1.54) is 17.0 Å². The number of carbonyl (C=O) groups is 2. The summed E-state index contributed by atoms with van der Waals surface area (Å²) in [6.45, 7) is 0. The van der Waals surface area contributed by atoms with Crippen LogP contribution in [0.25, 0.3) is 11.1 Å². The Kier molecular flexibility index (Phi) is 7.48. The number of ketones is 2. The Morgan fingerprint density at radius 2 is 1.68 bits per heavy atom. The highest BCUT2D eigenvalue weighted by Gasteiger charge is 2.63. The van der Waals surface area contributed by atoms with E-state index in [1.54, 1.807) is 39.2 Å². The first-order valence-electron chi connectivity index (χ1n) is 13.6. The molecule has 1 unspecified atom stereocenters. The third kappa shape index (κ3) is 4.69. The van der Waals surface area contributed by atoms with Crippen molar-refractivity contribution >= 4 is 17.3 Å². The number of hydrogen-bond acceptors (Lipinski definition) is 11. The minimum atomic E-state index is -4.90. The Hall–Kier alpha value is -4.11. The molecule has 0 saturated carbocycles. The lowest BCUT2D eigenvalue weighted by atomic mass is 9.58. The van der Waals surface area contributed by atoms with Gasteiger partial charge < -0.3 is 40.9 Å². The van der Waals surface area contributed by atoms with E-state index in [1.807, 2.05) is 0 Å². The summed E-state index contributed by atoms with van der Waals surface area (Å²) >= 11 is 0. The molecule has 0 radical (unpaired) electrons. The summed E-state index contributed by atoms with van der Waals surface area (Å²) in [6.07, 6.45) is -6.84. The van der Waals surface area contributed by atoms with E-state index in [-0.39, 0.29) is 35.1 Å². The van der Waals surface area contributed by atoms with Crippen LogP contribution >= 0.6 is 0 Å². The van der Waals surface area contributed by atoms with E-state index in [4.69, 9.17) is 5.73 Å². The number of phenols is 1. The fraction of sp³-hybridized carbons (Fsp3) is 0.400. The summed E-state index contributed by atoms with van der Waals surface area (Å²) in [4.78, 5) is 30.9. The maximum atomic E-state index is 14.2. The van der Waals surface area contributed by atoms with Crippen molar-refractivity contribution in [1.82, 2.24) is 4.90 Å². The molecule has 7 N–H and O–H groups in total. The van der Waals surface area contributed by atoms with Crippen molar-refractivity contribution in [3.63, 3.8) is 0 Å². The molecule has 0 spiro atoms. The number of allylic oxidation sites excluding steroid dienone is 1. The van der Waals surface area contributed by atoms with Crippen LogP contribution in [0.1, 0.15) is 22.3 Å². The third-order valence-electron chi connectivity index (χ3n) is 8.67. The monoisotopic (exact) mass is 619 g/mol. The summed E-state index contributed by atoms with van der Waals surface area (Å²) in [6, 6.07) is 5.21. The zero-order valence-corrected chi connectivity index (χ0v) is 24.2. The van der Waals surface area contributed by atoms with Gasteiger partial charge in [-0.25, -0.2) is 0 Å². The van der Waals surface area contributed by atoms with Crippen LogP contribution in [0.2, 0.25) is 0 Å². The number of likely N-dealkylation sites (N-methyl/N-ethyl adjacent to an activating group) is 1. The quantitative estimate of drug-likeness (QED) is 0.271. The molecule has 0 bridgehead atoms. The summed E-state index contributed by atoms with van der Waals surface area (Å²) in [5.74, 6) is -6.48. The molecule has 0 aliphatic heterocycles. The Labute approximate surface area is 249 Å². The summed E-state index contributed by atoms with van der Waals surface area (Å²) < 4.78 is 41.9. The Bertz CT molecular complexity index is 1610. The van der Waals surface area contributed by atoms with E-state index < -0.39 is 76.2 Å². The minimum Gasteiger partial charge on any atom is -0.510 e. The molecule has 3 aliphatic rings. The first kappa shape index (κ1) is 31.3. The standard InChI is InChI=1S/C30H32F3N3O8/c1-35(2)18-11-15(12-5-7-14(8-6-12)44-30(31,32)33)23(37)20-16(18)9-13-10-17-22(36(3)4)25(39)21(28(34)42)27(41)29(17,43)26(40)19(13)24(20)38/h5-8,11,13,17,22,28,37,39-40,42-43H,9-10,34H2,1-4H3/t13-,17-,22-,28?,29-/m0/s1. The number of aliphatic hydroxyl groups excluding tert-OH is 3. The predicted molar refractivity (Wildman–Crippen MR) is 151 cm³/mol. The van der Waals surface area contributed by atoms with Gasteiger partial charge in [-0.2, -0.15) is 0 Å². The van der Waals surface area contributed by atoms with Gasteiger partial charge in [-0.1, -0.05) is 12.1 Å². The number of benzene rings is 2. The minimum absolute atomic E-state index is 0.0380. The number of Topliss-reactive ketones (excluding diaryl/α,β-unsaturated/α-hetero) is 2. The molecule has 2 aromatic carbocycles. The lowest BCUT2D eigenvalue weighted by Crippen LogP contribution is -2.64. The van der Waals surface area contributed by atoms with Crippen LogP contribution in [-0.4, -0.2) is 94.4 Å². The van der Waals surface area contributed by atoms with Gasteiger partial charge in [0.25, 0.3) is 0 Å². The molecule has 11 nitrogen and oxygen atoms in total. The second-order valence-electron chi connectivity index (χ2n) is 11.7. The number of hydrogen-bond donors (Lipinski definition) is 6. The first-order valence-corrected chi connectivity index (χ1v) is 13.6. The zero-order chi connectivity index (χ0) is 32.6. The summed E-state index contributed by atoms with van der Waals surface area (Å²) in [5.41, 5.74) is 2.93. The van der Waals surface area contributed by atoms with Crippen molar-refractivity contribution in [2.45, 2.75) is 37.1 Å². The SMILES string of the molecule is CN(C)c1cc(-c2ccc(OC(F)(F)F)cc2)c(O)c2c1C[C@H]1C[C@H]3[C@H](N(C)C)C(O)=C(C(N)O)C(=O)[C@@]3(O)C(O)=C1C2=O. The van der Waals surface area contributed by atoms with Crippen molar-refractivity contribution < 1.29 is 53.0 Å². The molecule has 14 heteroatoms. The number of ether oxygens (including phenoxy) is 1. The molecule has 0 heterocycles. The van der Waals surface area contributed by atoms with E-state index in [0.717, 1.165) is 12.1 Å². The van der Waals surface area contributed by atoms with Gasteiger partial charge in [0, 0.05) is 36.8 Å². The fourth-order valence-corrected chi connectivity index (χ4v) is 6.83. The topological polar surface area (TPSA) is 177 Å². The second kappa shape index (κ2) is 10.5. The van der Waals surface area contributed by atoms with Gasteiger partial charge in [0.1, 0.15) is 29.2 Å². The molecule has 0 saturated heterocycles. The van der Waals surface area contributed by atoms with Crippen LogP contribution in [0.4, 0.5) is 18.9 Å². The molecule has 5 atom stereocenters. The smallest absolute Gasteiger partial charge is 0.510 e. The van der Waals surface area contributed by atoms with Gasteiger partial charge >= 0.3 is 6.36 Å². The highest BCUT2D eigenvalue weighted by Crippen LogP contribution is 2.54. The maximum absolute atomic E-state index is 14.2. The molecule has 3 aliphatic carbocycles. The number of nitrogens with two attached hydrogens (primary N) is 1. The van der Waals surface area contributed by atoms with Crippen LogP contribution in [0.3, 0.4) is 0 Å². The third-order valence-corrected chi connectivity index (χ3v) is 8.67. The zero-order valence-electron chi connectivity index (χ0n) is 24.2. The first-order chi connectivity index (χ1) is 20.4. The number of aliphatic hydroxyl groups is 4. The van der Waals surface area contributed by atoms with Crippen molar-refractivity contribution in [2.24, 2.45) is 17.6 Å². The normalized spacial score (nSPS) is 25.9. The predicted octanol–water partition coefficient (Wildman–Crippen LogP) is 2.54. The van der Waals surface area contributed by atoms with Gasteiger partial charge in [-0.05, 0) is 62.2 Å². The number of nitrogens with zero attached hydrogens (tertiary/aromatic N) is 2. The average Bonchev–Trinajstić information content (AvgIpc) is 2.90. The van der Waals surface area contributed by atoms with Crippen LogP contribution < -0.4 is 15.4 Å². The lowest BCUT2D eigenvalue weighted by Gasteiger charge is -2.50. The van der Waals surface area contributed by atoms with Crippen LogP contribution in [0.15, 0.2) is 53.0 Å². The van der Waals surface area contributed by atoms with E-state index in [0.29, 0.717) is 11.3 Å². The van der Waals surface area contributed by atoms with Gasteiger partial charge in [-0.15, -0.1) is 13.2 Å².